The van der Waals surface area contributed by atoms with E-state index in [-0.39, 0.29) is 0 Å². The first kappa shape index (κ1) is 16.4. The number of benzene rings is 2. The Morgan fingerprint density at radius 2 is 1.81 bits per heavy atom. The highest BCUT2D eigenvalue weighted by molar-refractivity contribution is 6.34. The maximum Gasteiger partial charge on any atom is 0.139 e. The van der Waals surface area contributed by atoms with Gasteiger partial charge in [-0.1, -0.05) is 40.9 Å². The van der Waals surface area contributed by atoms with E-state index in [9.17, 15) is 4.39 Å². The molecule has 0 bridgehead atoms. The highest BCUT2D eigenvalue weighted by Crippen LogP contribution is 2.36. The van der Waals surface area contributed by atoms with Crippen LogP contribution in [-0.4, -0.2) is 6.61 Å². The van der Waals surface area contributed by atoms with Gasteiger partial charge in [-0.25, -0.2) is 4.39 Å². The third-order valence-electron chi connectivity index (χ3n) is 2.98. The average molecular weight is 349 g/mol. The molecule has 0 saturated carbocycles. The highest BCUT2D eigenvalue weighted by Gasteiger charge is 2.19. The fourth-order valence-electron chi connectivity index (χ4n) is 1.97. The van der Waals surface area contributed by atoms with E-state index < -0.39 is 11.9 Å². The lowest BCUT2D eigenvalue weighted by Gasteiger charge is -2.17. The van der Waals surface area contributed by atoms with Gasteiger partial charge in [0.15, 0.2) is 0 Å². The minimum atomic E-state index is -0.747. The molecule has 2 aromatic carbocycles. The molecule has 0 aromatic heterocycles. The summed E-state index contributed by atoms with van der Waals surface area (Å²) in [4.78, 5) is 0. The lowest BCUT2D eigenvalue weighted by Crippen LogP contribution is -2.14. The van der Waals surface area contributed by atoms with Crippen LogP contribution in [0.25, 0.3) is 0 Å². The maximum absolute atomic E-state index is 14.0. The van der Waals surface area contributed by atoms with E-state index in [0.717, 1.165) is 0 Å². The summed E-state index contributed by atoms with van der Waals surface area (Å²) in [7, 11) is 0. The van der Waals surface area contributed by atoms with E-state index in [2.05, 4.69) is 0 Å². The molecule has 0 spiro atoms. The number of hydrogen-bond donors (Lipinski definition) is 1. The third kappa shape index (κ3) is 3.61. The molecule has 112 valence electrons. The van der Waals surface area contributed by atoms with Gasteiger partial charge in [-0.2, -0.15) is 0 Å². The standard InChI is InChI=1S/C15H13Cl3FNO/c1-2-21-14-7-11(17)10(6-12(14)18)15(20)9-4-3-8(16)5-13(9)19/h3-7,15H,2,20H2,1H3. The molecule has 2 nitrogen and oxygen atoms in total. The normalized spacial score (nSPS) is 12.3. The molecule has 0 radical (unpaired) electrons. The Kier molecular flexibility index (Phi) is 5.33. The predicted molar refractivity (Wildman–Crippen MR) is 85.1 cm³/mol. The first-order chi connectivity index (χ1) is 9.93. The van der Waals surface area contributed by atoms with Crippen molar-refractivity contribution >= 4 is 34.8 Å². The van der Waals surface area contributed by atoms with Gasteiger partial charge >= 0.3 is 0 Å². The van der Waals surface area contributed by atoms with E-state index in [0.29, 0.717) is 38.6 Å². The Balaban J connectivity index is 2.43. The van der Waals surface area contributed by atoms with Crippen LogP contribution in [0.4, 0.5) is 4.39 Å². The van der Waals surface area contributed by atoms with Gasteiger partial charge in [0.05, 0.1) is 17.7 Å². The summed E-state index contributed by atoms with van der Waals surface area (Å²) in [6, 6.07) is 6.74. The van der Waals surface area contributed by atoms with Crippen LogP contribution < -0.4 is 10.5 Å². The second kappa shape index (κ2) is 6.84. The second-order valence-electron chi connectivity index (χ2n) is 4.38. The third-order valence-corrected chi connectivity index (χ3v) is 3.84. The van der Waals surface area contributed by atoms with Crippen molar-refractivity contribution in [3.63, 3.8) is 0 Å². The summed E-state index contributed by atoms with van der Waals surface area (Å²) in [5.41, 5.74) is 6.91. The van der Waals surface area contributed by atoms with Crippen molar-refractivity contribution in [1.29, 1.82) is 0 Å². The van der Waals surface area contributed by atoms with E-state index in [1.54, 1.807) is 18.2 Å². The van der Waals surface area contributed by atoms with Crippen molar-refractivity contribution < 1.29 is 9.13 Å². The van der Waals surface area contributed by atoms with Crippen LogP contribution >= 0.6 is 34.8 Å². The van der Waals surface area contributed by atoms with Crippen molar-refractivity contribution in [2.45, 2.75) is 13.0 Å². The summed E-state index contributed by atoms with van der Waals surface area (Å²) in [6.45, 7) is 2.31. The van der Waals surface area contributed by atoms with E-state index in [1.807, 2.05) is 6.92 Å². The SMILES string of the molecule is CCOc1cc(Cl)c(C(N)c2ccc(Cl)cc2F)cc1Cl. The molecule has 2 N–H and O–H groups in total. The van der Waals surface area contributed by atoms with E-state index >= 15 is 0 Å². The van der Waals surface area contributed by atoms with Crippen LogP contribution in [0.15, 0.2) is 30.3 Å². The van der Waals surface area contributed by atoms with Gasteiger partial charge in [-0.05, 0) is 30.7 Å². The molecular weight excluding hydrogens is 336 g/mol. The number of rotatable bonds is 4. The van der Waals surface area contributed by atoms with Crippen LogP contribution in [0.3, 0.4) is 0 Å². The largest absolute Gasteiger partial charge is 0.492 e. The zero-order valence-electron chi connectivity index (χ0n) is 11.2. The Bertz CT molecular complexity index is 664. The molecule has 0 aliphatic rings. The summed E-state index contributed by atoms with van der Waals surface area (Å²) in [6.07, 6.45) is 0. The molecule has 21 heavy (non-hydrogen) atoms. The van der Waals surface area contributed by atoms with Gasteiger partial charge < -0.3 is 10.5 Å². The summed E-state index contributed by atoms with van der Waals surface area (Å²) in [5.74, 6) is -0.0206. The lowest BCUT2D eigenvalue weighted by atomic mass is 9.99. The quantitative estimate of drug-likeness (QED) is 0.821. The van der Waals surface area contributed by atoms with Gasteiger partial charge in [0.2, 0.25) is 0 Å². The van der Waals surface area contributed by atoms with Crippen LogP contribution in [0.2, 0.25) is 15.1 Å². The molecule has 0 fully saturated rings. The molecule has 6 heteroatoms. The van der Waals surface area contributed by atoms with Crippen LogP contribution in [0.1, 0.15) is 24.1 Å². The van der Waals surface area contributed by atoms with Crippen molar-refractivity contribution in [1.82, 2.24) is 0 Å². The Morgan fingerprint density at radius 1 is 1.10 bits per heavy atom. The monoisotopic (exact) mass is 347 g/mol. The zero-order chi connectivity index (χ0) is 15.6. The maximum atomic E-state index is 14.0. The van der Waals surface area contributed by atoms with Gasteiger partial charge in [0.1, 0.15) is 11.6 Å². The predicted octanol–water partition coefficient (Wildman–Crippen LogP) is 5.23. The smallest absolute Gasteiger partial charge is 0.139 e. The Morgan fingerprint density at radius 3 is 2.43 bits per heavy atom. The number of hydrogen-bond acceptors (Lipinski definition) is 2. The Labute approximate surface area is 137 Å². The number of ether oxygens (including phenoxy) is 1. The molecule has 2 aromatic rings. The van der Waals surface area contributed by atoms with Crippen LogP contribution in [0, 0.1) is 5.82 Å². The van der Waals surface area contributed by atoms with Crippen LogP contribution in [0.5, 0.6) is 5.75 Å². The molecule has 0 heterocycles. The summed E-state index contributed by atoms with van der Waals surface area (Å²) >= 11 is 18.1. The minimum Gasteiger partial charge on any atom is -0.492 e. The first-order valence-corrected chi connectivity index (χ1v) is 7.39. The van der Waals surface area contributed by atoms with Gasteiger partial charge in [0, 0.05) is 21.7 Å². The van der Waals surface area contributed by atoms with E-state index in [4.69, 9.17) is 45.3 Å². The molecule has 2 rings (SSSR count). The van der Waals surface area contributed by atoms with Crippen molar-refractivity contribution in [2.75, 3.05) is 6.61 Å². The van der Waals surface area contributed by atoms with Crippen LogP contribution in [-0.2, 0) is 0 Å². The molecule has 0 amide bonds. The molecule has 0 aliphatic carbocycles. The van der Waals surface area contributed by atoms with Crippen molar-refractivity contribution in [2.24, 2.45) is 5.73 Å². The fraction of sp³-hybridized carbons (Fsp3) is 0.200. The summed E-state index contributed by atoms with van der Waals surface area (Å²) < 4.78 is 19.3. The zero-order valence-corrected chi connectivity index (χ0v) is 13.4. The van der Waals surface area contributed by atoms with Gasteiger partial charge in [0.25, 0.3) is 0 Å². The van der Waals surface area contributed by atoms with Gasteiger partial charge in [-0.15, -0.1) is 0 Å². The average Bonchev–Trinajstić information content (AvgIpc) is 2.42. The fourth-order valence-corrected chi connectivity index (χ4v) is 2.63. The molecule has 1 unspecified atom stereocenters. The van der Waals surface area contributed by atoms with E-state index in [1.165, 1.54) is 12.1 Å². The highest BCUT2D eigenvalue weighted by atomic mass is 35.5. The summed E-state index contributed by atoms with van der Waals surface area (Å²) in [5, 5.41) is 1.05. The second-order valence-corrected chi connectivity index (χ2v) is 5.63. The lowest BCUT2D eigenvalue weighted by molar-refractivity contribution is 0.340. The first-order valence-electron chi connectivity index (χ1n) is 6.26. The molecule has 0 aliphatic heterocycles. The molecule has 1 atom stereocenters. The van der Waals surface area contributed by atoms with Gasteiger partial charge in [-0.3, -0.25) is 0 Å². The topological polar surface area (TPSA) is 35.2 Å². The molecule has 0 saturated heterocycles. The van der Waals surface area contributed by atoms with Crippen molar-refractivity contribution in [3.05, 3.63) is 62.3 Å². The van der Waals surface area contributed by atoms with Crippen molar-refractivity contribution in [3.8, 4) is 5.75 Å². The molecular formula is C15H13Cl3FNO. The number of nitrogens with two attached hydrogens (primary N) is 1. The number of halogens is 4. The Hall–Kier alpha value is -1.00. The minimum absolute atomic E-state index is 0.293.